The van der Waals surface area contributed by atoms with Crippen LogP contribution in [-0.4, -0.2) is 25.7 Å². The van der Waals surface area contributed by atoms with Crippen LogP contribution in [-0.2, 0) is 19.1 Å². The molecule has 5 heteroatoms. The molecule has 0 radical (unpaired) electrons. The van der Waals surface area contributed by atoms with Gasteiger partial charge in [0.2, 0.25) is 0 Å². The maximum absolute atomic E-state index is 11.0. The summed E-state index contributed by atoms with van der Waals surface area (Å²) >= 11 is 0. The van der Waals surface area contributed by atoms with Gasteiger partial charge in [-0.3, -0.25) is 9.59 Å². The zero-order valence-corrected chi connectivity index (χ0v) is 9.43. The fourth-order valence-corrected chi connectivity index (χ4v) is 0.992. The number of hydrogen-bond donors (Lipinski definition) is 0. The summed E-state index contributed by atoms with van der Waals surface area (Å²) in [5, 5.41) is 8.66. The lowest BCUT2D eigenvalue weighted by molar-refractivity contribution is -0.143. The van der Waals surface area contributed by atoms with Gasteiger partial charge < -0.3 is 9.47 Å². The molecule has 0 amide bonds. The number of hydrogen-bond acceptors (Lipinski definition) is 5. The van der Waals surface area contributed by atoms with Crippen molar-refractivity contribution in [2.24, 2.45) is 5.92 Å². The third-order valence-electron chi connectivity index (χ3n) is 1.81. The van der Waals surface area contributed by atoms with Gasteiger partial charge in [-0.25, -0.2) is 0 Å². The number of methoxy groups -OCH3 is 1. The third kappa shape index (κ3) is 6.60. The van der Waals surface area contributed by atoms with E-state index in [9.17, 15) is 9.59 Å². The van der Waals surface area contributed by atoms with E-state index >= 15 is 0 Å². The number of esters is 2. The molecule has 0 spiro atoms. The average molecular weight is 225 g/mol. The largest absolute Gasteiger partial charge is 0.468 e. The number of carbonyl (C=O) groups is 2. The molecule has 5 nitrogen and oxygen atoms in total. The van der Waals surface area contributed by atoms with Crippen LogP contribution < -0.4 is 0 Å². The lowest BCUT2D eigenvalue weighted by Gasteiger charge is -2.03. The predicted molar refractivity (Wildman–Crippen MR) is 56.1 cm³/mol. The first kappa shape index (κ1) is 14.2. The number of nitriles is 1. The summed E-state index contributed by atoms with van der Waals surface area (Å²) in [6, 6.07) is 1.87. The Balaban J connectivity index is 3.75. The van der Waals surface area contributed by atoms with E-state index < -0.39 is 11.9 Å². The summed E-state index contributed by atoms with van der Waals surface area (Å²) in [5.41, 5.74) is 0. The highest BCUT2D eigenvalue weighted by molar-refractivity contribution is 5.74. The minimum atomic E-state index is -0.733. The van der Waals surface area contributed by atoms with Crippen LogP contribution in [0.3, 0.4) is 0 Å². The fraction of sp³-hybridized carbons (Fsp3) is 0.545. The van der Waals surface area contributed by atoms with Crippen LogP contribution >= 0.6 is 0 Å². The summed E-state index contributed by atoms with van der Waals surface area (Å²) in [6.45, 7) is 1.54. The summed E-state index contributed by atoms with van der Waals surface area (Å²) < 4.78 is 9.12. The summed E-state index contributed by atoms with van der Waals surface area (Å²) in [7, 11) is 1.25. The zero-order chi connectivity index (χ0) is 12.4. The van der Waals surface area contributed by atoms with Crippen LogP contribution in [0.5, 0.6) is 0 Å². The van der Waals surface area contributed by atoms with Crippen LogP contribution in [0.1, 0.15) is 19.8 Å². The lowest BCUT2D eigenvalue weighted by atomic mass is 10.1. The number of allylic oxidation sites excluding steroid dienone is 1. The van der Waals surface area contributed by atoms with Gasteiger partial charge in [0.05, 0.1) is 13.2 Å². The van der Waals surface area contributed by atoms with E-state index in [0.717, 1.165) is 0 Å². The van der Waals surface area contributed by atoms with Gasteiger partial charge in [-0.05, 0) is 12.8 Å². The van der Waals surface area contributed by atoms with E-state index in [2.05, 4.69) is 9.47 Å². The van der Waals surface area contributed by atoms with Crippen molar-refractivity contribution < 1.29 is 19.1 Å². The second-order valence-electron chi connectivity index (χ2n) is 3.06. The summed E-state index contributed by atoms with van der Waals surface area (Å²) in [5.74, 6) is -1.59. The second-order valence-corrected chi connectivity index (χ2v) is 3.06. The van der Waals surface area contributed by atoms with Crippen molar-refractivity contribution in [2.75, 3.05) is 13.7 Å². The standard InChI is InChI=1S/C11H15NO4/c1-9(13)16-7-5-3-4-6-10(8-12)11(14)15-2/h3,5,10H,4,6-7H2,1-2H3/b5-3+. The van der Waals surface area contributed by atoms with E-state index in [1.807, 2.05) is 6.07 Å². The first-order valence-electron chi connectivity index (χ1n) is 4.87. The molecule has 0 aromatic carbocycles. The van der Waals surface area contributed by atoms with Crippen molar-refractivity contribution in [3.05, 3.63) is 12.2 Å². The SMILES string of the molecule is COC(=O)C(C#N)CC/C=C/COC(C)=O. The molecule has 0 saturated heterocycles. The minimum absolute atomic E-state index is 0.213. The minimum Gasteiger partial charge on any atom is -0.468 e. The molecule has 0 bridgehead atoms. The average Bonchev–Trinajstić information content (AvgIpc) is 2.27. The predicted octanol–water partition coefficient (Wildman–Crippen LogP) is 1.20. The molecule has 0 N–H and O–H groups in total. The Morgan fingerprint density at radius 3 is 2.62 bits per heavy atom. The molecule has 0 rings (SSSR count). The quantitative estimate of drug-likeness (QED) is 0.501. The Hall–Kier alpha value is -1.83. The highest BCUT2D eigenvalue weighted by Gasteiger charge is 2.16. The Kier molecular flexibility index (Phi) is 7.51. The van der Waals surface area contributed by atoms with Gasteiger partial charge in [0, 0.05) is 6.92 Å². The van der Waals surface area contributed by atoms with Gasteiger partial charge >= 0.3 is 11.9 Å². The van der Waals surface area contributed by atoms with Crippen molar-refractivity contribution in [1.82, 2.24) is 0 Å². The topological polar surface area (TPSA) is 76.4 Å². The van der Waals surface area contributed by atoms with Crippen LogP contribution in [0.15, 0.2) is 12.2 Å². The molecular formula is C11H15NO4. The van der Waals surface area contributed by atoms with E-state index in [1.165, 1.54) is 14.0 Å². The molecule has 16 heavy (non-hydrogen) atoms. The highest BCUT2D eigenvalue weighted by Crippen LogP contribution is 2.07. The number of rotatable bonds is 6. The van der Waals surface area contributed by atoms with Gasteiger partial charge in [0.1, 0.15) is 12.5 Å². The molecule has 88 valence electrons. The van der Waals surface area contributed by atoms with Crippen LogP contribution in [0.4, 0.5) is 0 Å². The van der Waals surface area contributed by atoms with Crippen LogP contribution in [0.2, 0.25) is 0 Å². The Bertz CT molecular complexity index is 304. The molecule has 0 aliphatic heterocycles. The van der Waals surface area contributed by atoms with Crippen LogP contribution in [0, 0.1) is 17.2 Å². The van der Waals surface area contributed by atoms with Gasteiger partial charge in [-0.2, -0.15) is 5.26 Å². The molecule has 0 saturated carbocycles. The van der Waals surface area contributed by atoms with Gasteiger partial charge in [-0.15, -0.1) is 0 Å². The first-order valence-corrected chi connectivity index (χ1v) is 4.87. The fourth-order valence-electron chi connectivity index (χ4n) is 0.992. The van der Waals surface area contributed by atoms with Gasteiger partial charge in [0.15, 0.2) is 0 Å². The summed E-state index contributed by atoms with van der Waals surface area (Å²) in [4.78, 5) is 21.4. The second kappa shape index (κ2) is 8.48. The van der Waals surface area contributed by atoms with E-state index in [4.69, 9.17) is 5.26 Å². The van der Waals surface area contributed by atoms with Crippen molar-refractivity contribution in [1.29, 1.82) is 5.26 Å². The maximum atomic E-state index is 11.0. The molecule has 0 aliphatic rings. The molecular weight excluding hydrogens is 210 g/mol. The third-order valence-corrected chi connectivity index (χ3v) is 1.81. The number of carbonyl (C=O) groups excluding carboxylic acids is 2. The molecule has 0 heterocycles. The molecule has 1 atom stereocenters. The molecule has 0 fully saturated rings. The Morgan fingerprint density at radius 2 is 2.12 bits per heavy atom. The van der Waals surface area contributed by atoms with E-state index in [-0.39, 0.29) is 12.6 Å². The Labute approximate surface area is 94.6 Å². The molecule has 0 aromatic heterocycles. The lowest BCUT2D eigenvalue weighted by Crippen LogP contribution is -2.13. The van der Waals surface area contributed by atoms with Gasteiger partial charge in [-0.1, -0.05) is 12.2 Å². The maximum Gasteiger partial charge on any atom is 0.323 e. The van der Waals surface area contributed by atoms with Gasteiger partial charge in [0.25, 0.3) is 0 Å². The first-order chi connectivity index (χ1) is 7.61. The number of nitrogens with zero attached hydrogens (tertiary/aromatic N) is 1. The molecule has 0 aliphatic carbocycles. The smallest absolute Gasteiger partial charge is 0.323 e. The van der Waals surface area contributed by atoms with Crippen molar-refractivity contribution in [3.8, 4) is 6.07 Å². The zero-order valence-electron chi connectivity index (χ0n) is 9.43. The number of ether oxygens (including phenoxy) is 2. The van der Waals surface area contributed by atoms with E-state index in [0.29, 0.717) is 12.8 Å². The monoisotopic (exact) mass is 225 g/mol. The normalized spacial score (nSPS) is 11.8. The van der Waals surface area contributed by atoms with Crippen molar-refractivity contribution in [3.63, 3.8) is 0 Å². The Morgan fingerprint density at radius 1 is 1.44 bits per heavy atom. The highest BCUT2D eigenvalue weighted by atomic mass is 16.5. The van der Waals surface area contributed by atoms with E-state index in [1.54, 1.807) is 12.2 Å². The molecule has 1 unspecified atom stereocenters. The van der Waals surface area contributed by atoms with Crippen molar-refractivity contribution in [2.45, 2.75) is 19.8 Å². The summed E-state index contributed by atoms with van der Waals surface area (Å²) in [6.07, 6.45) is 4.40. The van der Waals surface area contributed by atoms with Crippen molar-refractivity contribution >= 4 is 11.9 Å². The molecule has 0 aromatic rings. The van der Waals surface area contributed by atoms with Crippen LogP contribution in [0.25, 0.3) is 0 Å².